The van der Waals surface area contributed by atoms with E-state index in [2.05, 4.69) is 5.32 Å². The molecule has 2 nitrogen and oxygen atoms in total. The molecular weight excluding hydrogens is 253 g/mol. The van der Waals surface area contributed by atoms with Crippen molar-refractivity contribution in [1.29, 1.82) is 0 Å². The minimum atomic E-state index is -0.252. The van der Waals surface area contributed by atoms with E-state index in [0.717, 1.165) is 11.1 Å². The zero-order chi connectivity index (χ0) is 14.2. The molecular formula is C17H16FNO. The Kier molecular flexibility index (Phi) is 5.07. The molecule has 0 aliphatic heterocycles. The number of benzene rings is 2. The van der Waals surface area contributed by atoms with Crippen LogP contribution in [0, 0.1) is 5.82 Å². The molecule has 2 rings (SSSR count). The molecule has 0 spiro atoms. The lowest BCUT2D eigenvalue weighted by Crippen LogP contribution is -2.23. The highest BCUT2D eigenvalue weighted by Crippen LogP contribution is 2.03. The van der Waals surface area contributed by atoms with E-state index in [1.807, 2.05) is 36.4 Å². The number of amides is 1. The normalized spacial score (nSPS) is 10.7. The summed E-state index contributed by atoms with van der Waals surface area (Å²) in [5.41, 5.74) is 1.85. The van der Waals surface area contributed by atoms with E-state index in [9.17, 15) is 9.18 Å². The van der Waals surface area contributed by atoms with Gasteiger partial charge in [-0.15, -0.1) is 0 Å². The molecule has 0 aromatic heterocycles. The topological polar surface area (TPSA) is 29.1 Å². The minimum absolute atomic E-state index is 0.148. The van der Waals surface area contributed by atoms with Crippen molar-refractivity contribution < 1.29 is 9.18 Å². The van der Waals surface area contributed by atoms with E-state index in [1.54, 1.807) is 12.1 Å². The molecule has 1 amide bonds. The van der Waals surface area contributed by atoms with Crippen LogP contribution in [0.5, 0.6) is 0 Å². The van der Waals surface area contributed by atoms with E-state index >= 15 is 0 Å². The Morgan fingerprint density at radius 3 is 2.65 bits per heavy atom. The van der Waals surface area contributed by atoms with Crippen LogP contribution in [0.25, 0.3) is 6.08 Å². The second kappa shape index (κ2) is 7.24. The number of rotatable bonds is 5. The first-order valence-corrected chi connectivity index (χ1v) is 6.49. The molecule has 2 aromatic rings. The van der Waals surface area contributed by atoms with Gasteiger partial charge in [0.1, 0.15) is 5.82 Å². The molecule has 2 aromatic carbocycles. The summed E-state index contributed by atoms with van der Waals surface area (Å²) >= 11 is 0. The Labute approximate surface area is 118 Å². The monoisotopic (exact) mass is 269 g/mol. The van der Waals surface area contributed by atoms with Gasteiger partial charge in [0.05, 0.1) is 0 Å². The molecule has 0 atom stereocenters. The second-order valence-corrected chi connectivity index (χ2v) is 4.41. The van der Waals surface area contributed by atoms with Crippen LogP contribution in [0.15, 0.2) is 60.7 Å². The van der Waals surface area contributed by atoms with Crippen LogP contribution in [0.3, 0.4) is 0 Å². The highest BCUT2D eigenvalue weighted by atomic mass is 19.1. The fourth-order valence-corrected chi connectivity index (χ4v) is 1.82. The van der Waals surface area contributed by atoms with Crippen molar-refractivity contribution in [2.24, 2.45) is 0 Å². The zero-order valence-electron chi connectivity index (χ0n) is 11.1. The SMILES string of the molecule is O=C(/C=C/c1ccccc1)NCCc1cccc(F)c1. The number of hydrogen-bond acceptors (Lipinski definition) is 1. The Morgan fingerprint density at radius 1 is 1.10 bits per heavy atom. The van der Waals surface area contributed by atoms with Gasteiger partial charge in [-0.1, -0.05) is 42.5 Å². The molecule has 0 aliphatic rings. The molecule has 0 unspecified atom stereocenters. The summed E-state index contributed by atoms with van der Waals surface area (Å²) in [6, 6.07) is 16.0. The fourth-order valence-electron chi connectivity index (χ4n) is 1.82. The maximum atomic E-state index is 13.0. The molecule has 0 fully saturated rings. The second-order valence-electron chi connectivity index (χ2n) is 4.41. The van der Waals surface area contributed by atoms with Gasteiger partial charge < -0.3 is 5.32 Å². The highest BCUT2D eigenvalue weighted by molar-refractivity contribution is 5.91. The average Bonchev–Trinajstić information content (AvgIpc) is 2.46. The van der Waals surface area contributed by atoms with Gasteiger partial charge in [-0.2, -0.15) is 0 Å². The van der Waals surface area contributed by atoms with Crippen LogP contribution >= 0.6 is 0 Å². The van der Waals surface area contributed by atoms with Crippen molar-refractivity contribution in [2.75, 3.05) is 6.54 Å². The fraction of sp³-hybridized carbons (Fsp3) is 0.118. The number of carbonyl (C=O) groups is 1. The lowest BCUT2D eigenvalue weighted by atomic mass is 10.1. The Bertz CT molecular complexity index is 593. The summed E-state index contributed by atoms with van der Waals surface area (Å²) in [5.74, 6) is -0.400. The molecule has 0 bridgehead atoms. The average molecular weight is 269 g/mol. The molecule has 3 heteroatoms. The Morgan fingerprint density at radius 2 is 1.90 bits per heavy atom. The molecule has 0 radical (unpaired) electrons. The molecule has 0 aliphatic carbocycles. The van der Waals surface area contributed by atoms with E-state index in [4.69, 9.17) is 0 Å². The lowest BCUT2D eigenvalue weighted by Gasteiger charge is -2.02. The van der Waals surface area contributed by atoms with Gasteiger partial charge in [0.25, 0.3) is 0 Å². The predicted molar refractivity (Wildman–Crippen MR) is 78.6 cm³/mol. The van der Waals surface area contributed by atoms with E-state index in [0.29, 0.717) is 13.0 Å². The molecule has 102 valence electrons. The predicted octanol–water partition coefficient (Wildman–Crippen LogP) is 3.20. The number of halogens is 1. The van der Waals surface area contributed by atoms with Gasteiger partial charge in [-0.3, -0.25) is 4.79 Å². The highest BCUT2D eigenvalue weighted by Gasteiger charge is 1.98. The van der Waals surface area contributed by atoms with Crippen LogP contribution in [0.1, 0.15) is 11.1 Å². The van der Waals surface area contributed by atoms with Gasteiger partial charge >= 0.3 is 0 Å². The van der Waals surface area contributed by atoms with E-state index < -0.39 is 0 Å². The molecule has 0 saturated carbocycles. The maximum Gasteiger partial charge on any atom is 0.244 e. The first-order valence-electron chi connectivity index (χ1n) is 6.49. The lowest BCUT2D eigenvalue weighted by molar-refractivity contribution is -0.116. The number of hydrogen-bond donors (Lipinski definition) is 1. The van der Waals surface area contributed by atoms with Gasteiger partial charge in [0, 0.05) is 12.6 Å². The van der Waals surface area contributed by atoms with Crippen LogP contribution < -0.4 is 5.32 Å². The summed E-state index contributed by atoms with van der Waals surface area (Å²) in [6.45, 7) is 0.488. The summed E-state index contributed by atoms with van der Waals surface area (Å²) in [6.07, 6.45) is 3.88. The van der Waals surface area contributed by atoms with Crippen molar-refractivity contribution in [3.63, 3.8) is 0 Å². The third kappa shape index (κ3) is 4.69. The van der Waals surface area contributed by atoms with Crippen LogP contribution in [0.4, 0.5) is 4.39 Å². The van der Waals surface area contributed by atoms with Gasteiger partial charge in [-0.05, 0) is 35.8 Å². The van der Waals surface area contributed by atoms with Gasteiger partial charge in [0.2, 0.25) is 5.91 Å². The molecule has 0 heterocycles. The Balaban J connectivity index is 1.77. The van der Waals surface area contributed by atoms with Crippen LogP contribution in [-0.4, -0.2) is 12.5 Å². The minimum Gasteiger partial charge on any atom is -0.352 e. The van der Waals surface area contributed by atoms with Crippen molar-refractivity contribution in [3.05, 3.63) is 77.6 Å². The first kappa shape index (κ1) is 14.0. The van der Waals surface area contributed by atoms with Crippen LogP contribution in [0.2, 0.25) is 0 Å². The smallest absolute Gasteiger partial charge is 0.244 e. The summed E-state index contributed by atoms with van der Waals surface area (Å²) in [4.78, 5) is 11.6. The quantitative estimate of drug-likeness (QED) is 0.830. The van der Waals surface area contributed by atoms with Crippen molar-refractivity contribution >= 4 is 12.0 Å². The van der Waals surface area contributed by atoms with Crippen LogP contribution in [-0.2, 0) is 11.2 Å². The molecule has 0 saturated heterocycles. The summed E-state index contributed by atoms with van der Waals surface area (Å²) in [5, 5.41) is 2.77. The molecule has 1 N–H and O–H groups in total. The number of carbonyl (C=O) groups excluding carboxylic acids is 1. The van der Waals surface area contributed by atoms with E-state index in [-0.39, 0.29) is 11.7 Å². The largest absolute Gasteiger partial charge is 0.352 e. The van der Waals surface area contributed by atoms with E-state index in [1.165, 1.54) is 18.2 Å². The number of nitrogens with one attached hydrogen (secondary N) is 1. The van der Waals surface area contributed by atoms with Gasteiger partial charge in [-0.25, -0.2) is 4.39 Å². The van der Waals surface area contributed by atoms with Crippen molar-refractivity contribution in [2.45, 2.75) is 6.42 Å². The summed E-state index contributed by atoms with van der Waals surface area (Å²) in [7, 11) is 0. The maximum absolute atomic E-state index is 13.0. The molecule has 20 heavy (non-hydrogen) atoms. The zero-order valence-corrected chi connectivity index (χ0v) is 11.1. The third-order valence-electron chi connectivity index (χ3n) is 2.83. The first-order chi connectivity index (χ1) is 9.74. The van der Waals surface area contributed by atoms with Crippen molar-refractivity contribution in [1.82, 2.24) is 5.32 Å². The standard InChI is InChI=1S/C17H16FNO/c18-16-8-4-7-15(13-16)11-12-19-17(20)10-9-14-5-2-1-3-6-14/h1-10,13H,11-12H2,(H,19,20)/b10-9+. The third-order valence-corrected chi connectivity index (χ3v) is 2.83. The van der Waals surface area contributed by atoms with Gasteiger partial charge in [0.15, 0.2) is 0 Å². The summed E-state index contributed by atoms with van der Waals surface area (Å²) < 4.78 is 13.0. The Hall–Kier alpha value is -2.42. The van der Waals surface area contributed by atoms with Crippen molar-refractivity contribution in [3.8, 4) is 0 Å².